The molecular weight excluding hydrogens is 510 g/mol. The molecule has 3 heterocycles. The van der Waals surface area contributed by atoms with Gasteiger partial charge >= 0.3 is 12.1 Å². The smallest absolute Gasteiger partial charge is 0.466 e. The van der Waals surface area contributed by atoms with Gasteiger partial charge in [-0.2, -0.15) is 0 Å². The van der Waals surface area contributed by atoms with Crippen molar-refractivity contribution < 1.29 is 37.7 Å². The summed E-state index contributed by atoms with van der Waals surface area (Å²) in [5.74, 6) is -2.95. The lowest BCUT2D eigenvalue weighted by atomic mass is 9.95. The van der Waals surface area contributed by atoms with E-state index in [2.05, 4.69) is 15.3 Å². The molecule has 10 nitrogen and oxygen atoms in total. The van der Waals surface area contributed by atoms with Crippen LogP contribution in [0, 0.1) is 11.6 Å². The van der Waals surface area contributed by atoms with Crippen LogP contribution in [0.25, 0.3) is 0 Å². The van der Waals surface area contributed by atoms with Gasteiger partial charge in [0.1, 0.15) is 6.04 Å². The molecule has 2 N–H and O–H groups in total. The summed E-state index contributed by atoms with van der Waals surface area (Å²) in [5, 5.41) is 13.8. The fourth-order valence-corrected chi connectivity index (χ4v) is 4.57. The molecule has 0 spiro atoms. The van der Waals surface area contributed by atoms with Crippen molar-refractivity contribution in [3.05, 3.63) is 62.2 Å². The first-order valence-electron chi connectivity index (χ1n) is 10.2. The van der Waals surface area contributed by atoms with Crippen molar-refractivity contribution in [1.29, 1.82) is 0 Å². The Morgan fingerprint density at radius 1 is 1.40 bits per heavy atom. The Hall–Kier alpha value is -3.13. The number of aliphatic imine (C=N–C) groups is 1. The first kappa shape index (κ1) is 25.0. The van der Waals surface area contributed by atoms with Gasteiger partial charge in [-0.25, -0.2) is 23.4 Å². The van der Waals surface area contributed by atoms with Gasteiger partial charge in [-0.3, -0.25) is 9.89 Å². The Labute approximate surface area is 206 Å². The number of nitrogens with one attached hydrogen (secondary N) is 1. The molecule has 2 atom stereocenters. The predicted molar refractivity (Wildman–Crippen MR) is 120 cm³/mol. The first-order valence-corrected chi connectivity index (χ1v) is 11.5. The molecule has 35 heavy (non-hydrogen) atoms. The number of benzene rings is 1. The molecule has 0 bridgehead atoms. The van der Waals surface area contributed by atoms with Crippen molar-refractivity contribution in [1.82, 2.24) is 15.2 Å². The minimum Gasteiger partial charge on any atom is -0.466 e. The number of ether oxygens (including phenoxy) is 3. The monoisotopic (exact) mass is 528 g/mol. The summed E-state index contributed by atoms with van der Waals surface area (Å²) in [6.45, 7) is 0.566. The van der Waals surface area contributed by atoms with E-state index in [4.69, 9.17) is 30.9 Å². The van der Waals surface area contributed by atoms with Crippen molar-refractivity contribution in [2.24, 2.45) is 4.99 Å². The number of carbonyl (C=O) groups is 2. The van der Waals surface area contributed by atoms with Gasteiger partial charge in [0.25, 0.3) is 0 Å². The second kappa shape index (κ2) is 10.6. The molecular formula is C21H19ClF2N4O6S. The van der Waals surface area contributed by atoms with Crippen LogP contribution in [0.15, 0.2) is 40.0 Å². The van der Waals surface area contributed by atoms with Crippen molar-refractivity contribution in [2.75, 3.05) is 33.4 Å². The van der Waals surface area contributed by atoms with E-state index in [-0.39, 0.29) is 42.4 Å². The highest BCUT2D eigenvalue weighted by molar-refractivity contribution is 7.11. The Bertz CT molecular complexity index is 1190. The standard InChI is InChI=1S/C21H19ClF2N4O6S/c1-32-20(29)14-12(8-28-5-6-33-9-13(28)34-21(30)31)26-18(19-25-4-7-35-19)27-17(14)10-2-3-11(23)16(24)15(10)22/h2-4,7,13,17H,5-6,8-9H2,1H3,(H,26,27)(H,30,31)/t13-,17-/m0/s1. The van der Waals surface area contributed by atoms with E-state index in [1.807, 2.05) is 0 Å². The molecule has 186 valence electrons. The van der Waals surface area contributed by atoms with E-state index >= 15 is 0 Å². The second-order valence-corrected chi connectivity index (χ2v) is 8.65. The van der Waals surface area contributed by atoms with Gasteiger partial charge in [-0.05, 0) is 6.07 Å². The number of hydrogen-bond donors (Lipinski definition) is 2. The van der Waals surface area contributed by atoms with Gasteiger partial charge in [0.05, 0.1) is 30.9 Å². The first-order chi connectivity index (χ1) is 16.8. The zero-order chi connectivity index (χ0) is 25.1. The van der Waals surface area contributed by atoms with Crippen LogP contribution in [0.5, 0.6) is 0 Å². The molecule has 0 unspecified atom stereocenters. The second-order valence-electron chi connectivity index (χ2n) is 7.37. The molecule has 4 rings (SSSR count). The number of aromatic nitrogens is 1. The summed E-state index contributed by atoms with van der Waals surface area (Å²) in [4.78, 5) is 34.5. The average Bonchev–Trinajstić information content (AvgIpc) is 3.38. The van der Waals surface area contributed by atoms with Crippen LogP contribution in [-0.4, -0.2) is 72.6 Å². The maximum Gasteiger partial charge on any atom is 0.507 e. The highest BCUT2D eigenvalue weighted by Gasteiger charge is 2.37. The van der Waals surface area contributed by atoms with Crippen LogP contribution >= 0.6 is 22.9 Å². The summed E-state index contributed by atoms with van der Waals surface area (Å²) in [6.07, 6.45) is -0.871. The fraction of sp³-hybridized carbons (Fsp3) is 0.333. The molecule has 1 fully saturated rings. The lowest BCUT2D eigenvalue weighted by Gasteiger charge is -2.36. The summed E-state index contributed by atoms with van der Waals surface area (Å²) < 4.78 is 43.4. The van der Waals surface area contributed by atoms with Crippen molar-refractivity contribution in [3.8, 4) is 0 Å². The van der Waals surface area contributed by atoms with Crippen LogP contribution in [0.2, 0.25) is 5.02 Å². The third-order valence-electron chi connectivity index (χ3n) is 5.31. The van der Waals surface area contributed by atoms with Gasteiger partial charge in [-0.15, -0.1) is 11.3 Å². The number of nitrogens with zero attached hydrogens (tertiary/aromatic N) is 3. The fourth-order valence-electron chi connectivity index (χ4n) is 3.72. The van der Waals surface area contributed by atoms with E-state index in [1.165, 1.54) is 24.5 Å². The number of rotatable bonds is 6. The maximum atomic E-state index is 14.4. The summed E-state index contributed by atoms with van der Waals surface area (Å²) in [5.41, 5.74) is 0.310. The summed E-state index contributed by atoms with van der Waals surface area (Å²) in [7, 11) is 1.17. The van der Waals surface area contributed by atoms with Gasteiger partial charge < -0.3 is 24.6 Å². The molecule has 0 saturated carbocycles. The zero-order valence-electron chi connectivity index (χ0n) is 18.2. The minimum atomic E-state index is -1.49. The topological polar surface area (TPSA) is 123 Å². The number of carbonyl (C=O) groups excluding carboxylic acids is 1. The number of halogens is 3. The van der Waals surface area contributed by atoms with Crippen LogP contribution in [-0.2, 0) is 19.0 Å². The molecule has 0 radical (unpaired) electrons. The molecule has 0 amide bonds. The van der Waals surface area contributed by atoms with Crippen molar-refractivity contribution in [2.45, 2.75) is 12.3 Å². The number of thiazole rings is 1. The average molecular weight is 529 g/mol. The van der Waals surface area contributed by atoms with Crippen LogP contribution < -0.4 is 5.32 Å². The molecule has 0 aliphatic carbocycles. The molecule has 1 aromatic carbocycles. The number of hydrogen-bond acceptors (Lipinski definition) is 10. The Kier molecular flexibility index (Phi) is 7.60. The number of morpholine rings is 1. The van der Waals surface area contributed by atoms with E-state index in [1.54, 1.807) is 16.5 Å². The summed E-state index contributed by atoms with van der Waals surface area (Å²) >= 11 is 7.40. The maximum absolute atomic E-state index is 14.4. The number of esters is 1. The summed E-state index contributed by atoms with van der Waals surface area (Å²) in [6, 6.07) is 0.968. The quantitative estimate of drug-likeness (QED) is 0.430. The lowest BCUT2D eigenvalue weighted by Crippen LogP contribution is -2.50. The van der Waals surface area contributed by atoms with E-state index < -0.39 is 41.1 Å². The third-order valence-corrected chi connectivity index (χ3v) is 6.48. The highest BCUT2D eigenvalue weighted by Crippen LogP contribution is 2.38. The molecule has 2 aliphatic rings. The van der Waals surface area contributed by atoms with Crippen LogP contribution in [0.4, 0.5) is 13.6 Å². The predicted octanol–water partition coefficient (Wildman–Crippen LogP) is 2.95. The van der Waals surface area contributed by atoms with E-state index in [0.29, 0.717) is 11.6 Å². The lowest BCUT2D eigenvalue weighted by molar-refractivity contribution is -0.136. The number of amidine groups is 1. The van der Waals surface area contributed by atoms with Gasteiger partial charge in [-0.1, -0.05) is 17.7 Å². The molecule has 2 aliphatic heterocycles. The Morgan fingerprint density at radius 2 is 2.20 bits per heavy atom. The van der Waals surface area contributed by atoms with Crippen LogP contribution in [0.1, 0.15) is 16.6 Å². The largest absolute Gasteiger partial charge is 0.507 e. The van der Waals surface area contributed by atoms with E-state index in [0.717, 1.165) is 6.07 Å². The van der Waals surface area contributed by atoms with E-state index in [9.17, 15) is 18.4 Å². The molecule has 14 heteroatoms. The Morgan fingerprint density at radius 3 is 2.89 bits per heavy atom. The Balaban J connectivity index is 1.83. The SMILES string of the molecule is COC(=O)C1=C(CN2CCOC[C@@H]2OC(=O)O)NC(c2nccs2)=N[C@H]1c1ccc(F)c(F)c1Cl. The van der Waals surface area contributed by atoms with Gasteiger partial charge in [0.2, 0.25) is 0 Å². The molecule has 1 aromatic heterocycles. The molecule has 1 saturated heterocycles. The van der Waals surface area contributed by atoms with Crippen LogP contribution in [0.3, 0.4) is 0 Å². The van der Waals surface area contributed by atoms with Crippen molar-refractivity contribution in [3.63, 3.8) is 0 Å². The minimum absolute atomic E-state index is 0.00602. The normalized spacial score (nSPS) is 20.7. The number of carboxylic acid groups (broad SMARTS) is 1. The highest BCUT2D eigenvalue weighted by atomic mass is 35.5. The zero-order valence-corrected chi connectivity index (χ0v) is 19.7. The molecule has 2 aromatic rings. The van der Waals surface area contributed by atoms with Crippen molar-refractivity contribution >= 4 is 40.9 Å². The number of methoxy groups -OCH3 is 1. The third kappa shape index (κ3) is 5.27. The van der Waals surface area contributed by atoms with Gasteiger partial charge in [0, 0.05) is 35.9 Å². The van der Waals surface area contributed by atoms with Gasteiger partial charge in [0.15, 0.2) is 28.7 Å².